The molecule has 23 heavy (non-hydrogen) atoms. The number of carbonyl (C=O) groups excluding carboxylic acids is 1. The van der Waals surface area contributed by atoms with Gasteiger partial charge < -0.3 is 20.1 Å². The third kappa shape index (κ3) is 3.85. The molecule has 1 fully saturated rings. The van der Waals surface area contributed by atoms with Crippen LogP contribution in [0, 0.1) is 0 Å². The second kappa shape index (κ2) is 7.32. The second-order valence-corrected chi connectivity index (χ2v) is 6.37. The summed E-state index contributed by atoms with van der Waals surface area (Å²) in [5, 5.41) is 6.65. The molecule has 3 unspecified atom stereocenters. The Kier molecular flexibility index (Phi) is 5.18. The first-order valence-corrected chi connectivity index (χ1v) is 8.61. The molecular weight excluding hydrogens is 292 g/mol. The van der Waals surface area contributed by atoms with Crippen molar-refractivity contribution in [2.75, 3.05) is 25.0 Å². The van der Waals surface area contributed by atoms with Crippen molar-refractivity contribution in [3.8, 4) is 5.75 Å². The molecule has 0 spiro atoms. The number of ether oxygens (including phenoxy) is 2. The Bertz CT molecular complexity index is 555. The fourth-order valence-corrected chi connectivity index (χ4v) is 3.05. The monoisotopic (exact) mass is 318 g/mol. The van der Waals surface area contributed by atoms with E-state index >= 15 is 0 Å². The van der Waals surface area contributed by atoms with Gasteiger partial charge in [-0.3, -0.25) is 4.79 Å². The van der Waals surface area contributed by atoms with E-state index in [9.17, 15) is 4.79 Å². The Morgan fingerprint density at radius 1 is 1.43 bits per heavy atom. The van der Waals surface area contributed by atoms with Crippen molar-refractivity contribution in [1.29, 1.82) is 0 Å². The number of ketones is 1. The van der Waals surface area contributed by atoms with Gasteiger partial charge in [-0.2, -0.15) is 0 Å². The number of hydrogen-bond acceptors (Lipinski definition) is 5. The van der Waals surface area contributed by atoms with Gasteiger partial charge in [0, 0.05) is 18.7 Å². The zero-order valence-electron chi connectivity index (χ0n) is 13.9. The molecule has 1 aromatic rings. The number of carbonyl (C=O) groups is 1. The summed E-state index contributed by atoms with van der Waals surface area (Å²) in [6.45, 7) is 6.37. The summed E-state index contributed by atoms with van der Waals surface area (Å²) in [6, 6.07) is 5.42. The Morgan fingerprint density at radius 2 is 2.30 bits per heavy atom. The first-order valence-electron chi connectivity index (χ1n) is 8.61. The van der Waals surface area contributed by atoms with Crippen LogP contribution >= 0.6 is 0 Å². The molecule has 2 N–H and O–H groups in total. The van der Waals surface area contributed by atoms with E-state index in [1.165, 1.54) is 0 Å². The molecule has 0 aliphatic carbocycles. The van der Waals surface area contributed by atoms with Gasteiger partial charge in [-0.15, -0.1) is 0 Å². The van der Waals surface area contributed by atoms with E-state index in [-0.39, 0.29) is 24.0 Å². The molecule has 0 aromatic heterocycles. The molecule has 3 rings (SSSR count). The highest BCUT2D eigenvalue weighted by Crippen LogP contribution is 2.31. The van der Waals surface area contributed by atoms with Gasteiger partial charge in [0.2, 0.25) is 0 Å². The van der Waals surface area contributed by atoms with Gasteiger partial charge in [-0.1, -0.05) is 6.92 Å². The smallest absolute Gasteiger partial charge is 0.179 e. The molecule has 3 atom stereocenters. The van der Waals surface area contributed by atoms with E-state index < -0.39 is 0 Å². The average Bonchev–Trinajstić information content (AvgIpc) is 3.11. The van der Waals surface area contributed by atoms with E-state index in [4.69, 9.17) is 9.47 Å². The van der Waals surface area contributed by atoms with Crippen LogP contribution in [0.1, 0.15) is 43.5 Å². The lowest BCUT2D eigenvalue weighted by Crippen LogP contribution is -2.38. The predicted octanol–water partition coefficient (Wildman–Crippen LogP) is 2.61. The Morgan fingerprint density at radius 3 is 3.04 bits per heavy atom. The average molecular weight is 318 g/mol. The van der Waals surface area contributed by atoms with Crippen LogP contribution in [0.3, 0.4) is 0 Å². The number of nitrogens with one attached hydrogen (secondary N) is 2. The van der Waals surface area contributed by atoms with Gasteiger partial charge in [-0.05, 0) is 44.4 Å². The van der Waals surface area contributed by atoms with Crippen molar-refractivity contribution < 1.29 is 14.3 Å². The maximum absolute atomic E-state index is 12.6. The number of rotatable bonds is 6. The molecule has 5 heteroatoms. The first kappa shape index (κ1) is 16.3. The molecule has 0 saturated carbocycles. The van der Waals surface area contributed by atoms with Gasteiger partial charge in [0.1, 0.15) is 11.9 Å². The first-order chi connectivity index (χ1) is 11.2. The van der Waals surface area contributed by atoms with Crippen molar-refractivity contribution in [1.82, 2.24) is 5.32 Å². The predicted molar refractivity (Wildman–Crippen MR) is 90.4 cm³/mol. The van der Waals surface area contributed by atoms with Crippen molar-refractivity contribution in [3.63, 3.8) is 0 Å². The lowest BCUT2D eigenvalue weighted by Gasteiger charge is -2.27. The van der Waals surface area contributed by atoms with Gasteiger partial charge >= 0.3 is 0 Å². The van der Waals surface area contributed by atoms with Crippen LogP contribution in [0.2, 0.25) is 0 Å². The molecule has 0 radical (unpaired) electrons. The molecule has 0 bridgehead atoms. The molecule has 2 heterocycles. The molecule has 2 aliphatic rings. The molecule has 5 nitrogen and oxygen atoms in total. The van der Waals surface area contributed by atoms with Gasteiger partial charge in [0.15, 0.2) is 5.78 Å². The van der Waals surface area contributed by atoms with Crippen LogP contribution in [0.4, 0.5) is 5.69 Å². The molecule has 2 aliphatic heterocycles. The van der Waals surface area contributed by atoms with Crippen molar-refractivity contribution in [3.05, 3.63) is 23.8 Å². The fraction of sp³-hybridized carbons (Fsp3) is 0.611. The standard InChI is InChI=1S/C18H26N2O3/c1-3-14-10-20-16-9-13(6-7-17(16)23-14)18(21)12(2)19-11-15-5-4-8-22-15/h6-7,9,12,14-15,19-20H,3-5,8,10-11H2,1-2H3. The highest BCUT2D eigenvalue weighted by molar-refractivity contribution is 6.01. The van der Waals surface area contributed by atoms with Crippen molar-refractivity contribution in [2.45, 2.75) is 51.4 Å². The SMILES string of the molecule is CCC1CNc2cc(C(=O)C(C)NCC3CCCO3)ccc2O1. The van der Waals surface area contributed by atoms with Crippen LogP contribution in [-0.4, -0.2) is 43.7 Å². The minimum absolute atomic E-state index is 0.102. The number of fused-ring (bicyclic) bond motifs is 1. The topological polar surface area (TPSA) is 59.6 Å². The molecule has 126 valence electrons. The van der Waals surface area contributed by atoms with Crippen LogP contribution in [-0.2, 0) is 4.74 Å². The lowest BCUT2D eigenvalue weighted by molar-refractivity contribution is 0.0902. The maximum Gasteiger partial charge on any atom is 0.179 e. The van der Waals surface area contributed by atoms with Crippen molar-refractivity contribution >= 4 is 11.5 Å². The quantitative estimate of drug-likeness (QED) is 0.790. The Labute approximate surface area is 137 Å². The highest BCUT2D eigenvalue weighted by Gasteiger charge is 2.22. The molecule has 0 amide bonds. The highest BCUT2D eigenvalue weighted by atomic mass is 16.5. The van der Waals surface area contributed by atoms with E-state index in [1.54, 1.807) is 0 Å². The van der Waals surface area contributed by atoms with Crippen LogP contribution < -0.4 is 15.4 Å². The largest absolute Gasteiger partial charge is 0.486 e. The van der Waals surface area contributed by atoms with Gasteiger partial charge in [-0.25, -0.2) is 0 Å². The third-order valence-electron chi connectivity index (χ3n) is 4.60. The zero-order valence-corrected chi connectivity index (χ0v) is 13.9. The van der Waals surface area contributed by atoms with Gasteiger partial charge in [0.25, 0.3) is 0 Å². The lowest BCUT2D eigenvalue weighted by atomic mass is 10.0. The van der Waals surface area contributed by atoms with E-state index in [0.29, 0.717) is 5.56 Å². The Hall–Kier alpha value is -1.59. The summed E-state index contributed by atoms with van der Waals surface area (Å²) >= 11 is 0. The van der Waals surface area contributed by atoms with Crippen LogP contribution in [0.5, 0.6) is 5.75 Å². The summed E-state index contributed by atoms with van der Waals surface area (Å²) in [5.74, 6) is 0.935. The molecule has 1 saturated heterocycles. The summed E-state index contributed by atoms with van der Waals surface area (Å²) in [7, 11) is 0. The maximum atomic E-state index is 12.6. The number of anilines is 1. The summed E-state index contributed by atoms with van der Waals surface area (Å²) in [6.07, 6.45) is 3.61. The molecular formula is C18H26N2O3. The molecule has 1 aromatic carbocycles. The van der Waals surface area contributed by atoms with E-state index in [2.05, 4.69) is 17.6 Å². The minimum atomic E-state index is -0.217. The summed E-state index contributed by atoms with van der Waals surface area (Å²) < 4.78 is 11.5. The second-order valence-electron chi connectivity index (χ2n) is 6.37. The zero-order chi connectivity index (χ0) is 16.2. The van der Waals surface area contributed by atoms with E-state index in [0.717, 1.165) is 50.4 Å². The normalized spacial score (nSPS) is 24.4. The summed E-state index contributed by atoms with van der Waals surface area (Å²) in [4.78, 5) is 12.6. The third-order valence-corrected chi connectivity index (χ3v) is 4.60. The van der Waals surface area contributed by atoms with Crippen LogP contribution in [0.25, 0.3) is 0 Å². The minimum Gasteiger partial charge on any atom is -0.486 e. The van der Waals surface area contributed by atoms with E-state index in [1.807, 2.05) is 25.1 Å². The Balaban J connectivity index is 1.60. The summed E-state index contributed by atoms with van der Waals surface area (Å²) in [5.41, 5.74) is 1.62. The van der Waals surface area contributed by atoms with Gasteiger partial charge in [0.05, 0.1) is 24.4 Å². The van der Waals surface area contributed by atoms with Crippen LogP contribution in [0.15, 0.2) is 18.2 Å². The number of Topliss-reactive ketones (excluding diaryl/α,β-unsaturated/α-hetero) is 1. The fourth-order valence-electron chi connectivity index (χ4n) is 3.05. The number of benzene rings is 1. The number of hydrogen-bond donors (Lipinski definition) is 2. The van der Waals surface area contributed by atoms with Crippen molar-refractivity contribution in [2.24, 2.45) is 0 Å².